The molecule has 2 heterocycles. The average molecular weight is 304 g/mol. The zero-order valence-corrected chi connectivity index (χ0v) is 11.6. The summed E-state index contributed by atoms with van der Waals surface area (Å²) in [6.45, 7) is 2.54. The maximum Gasteiger partial charge on any atom is 0.0925 e. The first kappa shape index (κ1) is 13.0. The number of rotatable bonds is 3. The van der Waals surface area contributed by atoms with Crippen LogP contribution in [0.25, 0.3) is 0 Å². The maximum atomic E-state index is 5.79. The topological polar surface area (TPSA) is 68.3 Å². The Balaban J connectivity index is 2.21. The monoisotopic (exact) mass is 303 g/mol. The van der Waals surface area contributed by atoms with Gasteiger partial charge in [-0.3, -0.25) is 10.5 Å². The summed E-state index contributed by atoms with van der Waals surface area (Å²) in [4.78, 5) is 2.24. The van der Waals surface area contributed by atoms with Crippen LogP contribution < -0.4 is 11.3 Å². The van der Waals surface area contributed by atoms with Crippen LogP contribution in [0.3, 0.4) is 0 Å². The Morgan fingerprint density at radius 2 is 2.41 bits per heavy atom. The van der Waals surface area contributed by atoms with Gasteiger partial charge in [0.1, 0.15) is 0 Å². The van der Waals surface area contributed by atoms with Crippen LogP contribution in [0.5, 0.6) is 0 Å². The van der Waals surface area contributed by atoms with E-state index in [2.05, 4.69) is 38.4 Å². The van der Waals surface area contributed by atoms with Gasteiger partial charge in [-0.1, -0.05) is 0 Å². The molecule has 0 saturated carbocycles. The fourth-order valence-corrected chi connectivity index (χ4v) is 2.74. The van der Waals surface area contributed by atoms with Crippen molar-refractivity contribution < 1.29 is 4.74 Å². The first-order valence-electron chi connectivity index (χ1n) is 5.57. The number of hydrogen-bond donors (Lipinski definition) is 2. The predicted octanol–water partition coefficient (Wildman–Crippen LogP) is 0.0176. The molecule has 1 aliphatic heterocycles. The summed E-state index contributed by atoms with van der Waals surface area (Å²) in [6, 6.07) is -0.0698. The number of aromatic nitrogens is 2. The molecule has 0 amide bonds. The average Bonchev–Trinajstić information content (AvgIpc) is 2.62. The van der Waals surface area contributed by atoms with Crippen LogP contribution in [0, 0.1) is 0 Å². The van der Waals surface area contributed by atoms with Crippen molar-refractivity contribution in [3.05, 3.63) is 16.4 Å². The van der Waals surface area contributed by atoms with Gasteiger partial charge in [-0.15, -0.1) is 0 Å². The highest BCUT2D eigenvalue weighted by Crippen LogP contribution is 2.27. The first-order chi connectivity index (χ1) is 8.13. The third-order valence-corrected chi connectivity index (χ3v) is 3.69. The minimum absolute atomic E-state index is 0.0328. The number of nitrogens with two attached hydrogens (primary N) is 1. The van der Waals surface area contributed by atoms with Crippen molar-refractivity contribution in [2.45, 2.75) is 12.1 Å². The van der Waals surface area contributed by atoms with E-state index in [0.29, 0.717) is 0 Å². The van der Waals surface area contributed by atoms with E-state index < -0.39 is 0 Å². The summed E-state index contributed by atoms with van der Waals surface area (Å²) in [6.07, 6.45) is 1.80. The molecule has 3 N–H and O–H groups in total. The Morgan fingerprint density at radius 1 is 1.65 bits per heavy atom. The van der Waals surface area contributed by atoms with Gasteiger partial charge < -0.3 is 9.64 Å². The van der Waals surface area contributed by atoms with Crippen LogP contribution in [-0.4, -0.2) is 47.5 Å². The summed E-state index contributed by atoms with van der Waals surface area (Å²) >= 11 is 3.49. The number of likely N-dealkylation sites (N-methyl/N-ethyl adjacent to an activating group) is 1. The lowest BCUT2D eigenvalue weighted by Crippen LogP contribution is -2.48. The fraction of sp³-hybridized carbons (Fsp3) is 0.700. The first-order valence-corrected chi connectivity index (χ1v) is 6.36. The maximum absolute atomic E-state index is 5.79. The molecule has 17 heavy (non-hydrogen) atoms. The van der Waals surface area contributed by atoms with Crippen LogP contribution in [0.15, 0.2) is 10.7 Å². The standard InChI is InChI=1S/C10H18BrN5O/c1-15-3-4-17-8(6-15)9(14-12)10-7(11)5-13-16(10)2/h5,8-9,14H,3-4,6,12H2,1-2H3. The molecular weight excluding hydrogens is 286 g/mol. The van der Waals surface area contributed by atoms with Crippen LogP contribution in [0.4, 0.5) is 0 Å². The summed E-state index contributed by atoms with van der Waals surface area (Å²) < 4.78 is 8.55. The Hall–Kier alpha value is -0.470. The Kier molecular flexibility index (Phi) is 4.16. The smallest absolute Gasteiger partial charge is 0.0925 e. The largest absolute Gasteiger partial charge is 0.373 e. The van der Waals surface area contributed by atoms with E-state index in [1.807, 2.05) is 11.7 Å². The fourth-order valence-electron chi connectivity index (χ4n) is 2.15. The molecule has 2 rings (SSSR count). The minimum Gasteiger partial charge on any atom is -0.373 e. The summed E-state index contributed by atoms with van der Waals surface area (Å²) in [5, 5.41) is 4.20. The second-order valence-corrected chi connectivity index (χ2v) is 5.17. The number of nitrogens with one attached hydrogen (secondary N) is 1. The molecule has 2 unspecified atom stereocenters. The highest BCUT2D eigenvalue weighted by Gasteiger charge is 2.30. The third kappa shape index (κ3) is 2.69. The highest BCUT2D eigenvalue weighted by atomic mass is 79.9. The zero-order valence-electron chi connectivity index (χ0n) is 10.1. The Bertz CT molecular complexity index is 363. The molecule has 96 valence electrons. The van der Waals surface area contributed by atoms with E-state index in [9.17, 15) is 0 Å². The lowest BCUT2D eigenvalue weighted by Gasteiger charge is -2.35. The Morgan fingerprint density at radius 3 is 2.94 bits per heavy atom. The predicted molar refractivity (Wildman–Crippen MR) is 68.2 cm³/mol. The number of ether oxygens (including phenoxy) is 1. The van der Waals surface area contributed by atoms with E-state index in [1.165, 1.54) is 0 Å². The van der Waals surface area contributed by atoms with Crippen molar-refractivity contribution in [1.29, 1.82) is 0 Å². The second-order valence-electron chi connectivity index (χ2n) is 4.32. The van der Waals surface area contributed by atoms with Gasteiger partial charge in [-0.05, 0) is 23.0 Å². The van der Waals surface area contributed by atoms with E-state index in [1.54, 1.807) is 6.20 Å². The van der Waals surface area contributed by atoms with Gasteiger partial charge in [-0.2, -0.15) is 5.10 Å². The summed E-state index contributed by atoms with van der Waals surface area (Å²) in [7, 11) is 3.98. The molecule has 0 bridgehead atoms. The van der Waals surface area contributed by atoms with E-state index in [0.717, 1.165) is 29.9 Å². The molecule has 0 spiro atoms. The van der Waals surface area contributed by atoms with Gasteiger partial charge in [0.2, 0.25) is 0 Å². The number of hydrogen-bond acceptors (Lipinski definition) is 5. The van der Waals surface area contributed by atoms with Crippen LogP contribution >= 0.6 is 15.9 Å². The molecule has 2 atom stereocenters. The minimum atomic E-state index is -0.0698. The molecule has 7 heteroatoms. The SMILES string of the molecule is CN1CCOC(C(NN)c2c(Br)cnn2C)C1. The quantitative estimate of drug-likeness (QED) is 0.608. The van der Waals surface area contributed by atoms with Gasteiger partial charge in [-0.25, -0.2) is 5.43 Å². The Labute approximate surface area is 109 Å². The van der Waals surface area contributed by atoms with Gasteiger partial charge in [0.25, 0.3) is 0 Å². The molecule has 1 aromatic rings. The molecule has 1 aromatic heterocycles. The van der Waals surface area contributed by atoms with Gasteiger partial charge >= 0.3 is 0 Å². The molecule has 1 aliphatic rings. The van der Waals surface area contributed by atoms with Crippen molar-refractivity contribution in [2.75, 3.05) is 26.7 Å². The molecule has 0 radical (unpaired) electrons. The number of aryl methyl sites for hydroxylation is 1. The van der Waals surface area contributed by atoms with Crippen molar-refractivity contribution in [1.82, 2.24) is 20.1 Å². The van der Waals surface area contributed by atoms with Crippen LogP contribution in [0.2, 0.25) is 0 Å². The van der Waals surface area contributed by atoms with Crippen molar-refractivity contribution in [3.63, 3.8) is 0 Å². The normalized spacial score (nSPS) is 23.9. The van der Waals surface area contributed by atoms with E-state index in [4.69, 9.17) is 10.6 Å². The van der Waals surface area contributed by atoms with Gasteiger partial charge in [0, 0.05) is 20.1 Å². The number of hydrazine groups is 1. The molecule has 1 fully saturated rings. The van der Waals surface area contributed by atoms with Gasteiger partial charge in [0.05, 0.1) is 35.1 Å². The second kappa shape index (κ2) is 5.45. The highest BCUT2D eigenvalue weighted by molar-refractivity contribution is 9.10. The molecule has 6 nitrogen and oxygen atoms in total. The van der Waals surface area contributed by atoms with E-state index in [-0.39, 0.29) is 12.1 Å². The van der Waals surface area contributed by atoms with Crippen molar-refractivity contribution in [2.24, 2.45) is 12.9 Å². The molecule has 1 saturated heterocycles. The summed E-state index contributed by atoms with van der Waals surface area (Å²) in [5.74, 6) is 5.67. The number of halogens is 1. The van der Waals surface area contributed by atoms with E-state index >= 15 is 0 Å². The van der Waals surface area contributed by atoms with Crippen LogP contribution in [-0.2, 0) is 11.8 Å². The lowest BCUT2D eigenvalue weighted by molar-refractivity contribution is -0.0407. The van der Waals surface area contributed by atoms with Gasteiger partial charge in [0.15, 0.2) is 0 Å². The lowest BCUT2D eigenvalue weighted by atomic mass is 10.1. The van der Waals surface area contributed by atoms with Crippen molar-refractivity contribution in [3.8, 4) is 0 Å². The summed E-state index contributed by atoms with van der Waals surface area (Å²) in [5.41, 5.74) is 3.84. The van der Waals surface area contributed by atoms with Crippen molar-refractivity contribution >= 4 is 15.9 Å². The molecular formula is C10H18BrN5O. The zero-order chi connectivity index (χ0) is 12.4. The third-order valence-electron chi connectivity index (χ3n) is 3.08. The molecule has 0 aromatic carbocycles. The van der Waals surface area contributed by atoms with Crippen LogP contribution in [0.1, 0.15) is 11.7 Å². The number of morpholine rings is 1. The molecule has 0 aliphatic carbocycles. The number of nitrogens with zero attached hydrogens (tertiary/aromatic N) is 3.